The molecule has 1 aliphatic rings. The van der Waals surface area contributed by atoms with Crippen molar-refractivity contribution in [2.45, 2.75) is 52.4 Å². The fraction of sp³-hybridized carbons (Fsp3) is 0.727. The van der Waals surface area contributed by atoms with Crippen molar-refractivity contribution in [3.8, 4) is 0 Å². The smallest absolute Gasteiger partial charge is 0.330 e. The number of esters is 1. The standard InChI is InChI=1S/C11H17N5O3/c1-7-5-8(19-14-7)10-12-15-16(13-10)6-9(17)18-11(2,3)4/h8H,5-6H2,1-4H3. The van der Waals surface area contributed by atoms with Gasteiger partial charge in [0.15, 0.2) is 12.6 Å². The van der Waals surface area contributed by atoms with Crippen LogP contribution < -0.4 is 0 Å². The van der Waals surface area contributed by atoms with Gasteiger partial charge in [0, 0.05) is 6.42 Å². The van der Waals surface area contributed by atoms with Gasteiger partial charge in [-0.3, -0.25) is 0 Å². The van der Waals surface area contributed by atoms with Crippen molar-refractivity contribution >= 4 is 11.7 Å². The van der Waals surface area contributed by atoms with Crippen molar-refractivity contribution in [3.05, 3.63) is 5.82 Å². The molecule has 8 heteroatoms. The van der Waals surface area contributed by atoms with Crippen LogP contribution in [0.5, 0.6) is 0 Å². The molecule has 0 radical (unpaired) electrons. The molecule has 104 valence electrons. The zero-order valence-electron chi connectivity index (χ0n) is 11.5. The summed E-state index contributed by atoms with van der Waals surface area (Å²) in [5, 5.41) is 15.6. The molecule has 1 unspecified atom stereocenters. The van der Waals surface area contributed by atoms with Gasteiger partial charge in [-0.2, -0.15) is 4.80 Å². The third-order valence-electron chi connectivity index (χ3n) is 2.26. The van der Waals surface area contributed by atoms with E-state index in [1.54, 1.807) is 20.8 Å². The van der Waals surface area contributed by atoms with Crippen LogP contribution in [0.3, 0.4) is 0 Å². The third-order valence-corrected chi connectivity index (χ3v) is 2.26. The second-order valence-corrected chi connectivity index (χ2v) is 5.39. The summed E-state index contributed by atoms with van der Waals surface area (Å²) < 4.78 is 5.17. The zero-order chi connectivity index (χ0) is 14.0. The largest absolute Gasteiger partial charge is 0.459 e. The number of tetrazole rings is 1. The van der Waals surface area contributed by atoms with Crippen LogP contribution in [0.1, 0.15) is 46.0 Å². The van der Waals surface area contributed by atoms with Crippen molar-refractivity contribution in [3.63, 3.8) is 0 Å². The lowest BCUT2D eigenvalue weighted by atomic mass is 10.2. The maximum absolute atomic E-state index is 11.6. The highest BCUT2D eigenvalue weighted by molar-refractivity contribution is 5.82. The molecule has 0 fully saturated rings. The van der Waals surface area contributed by atoms with Crippen LogP contribution in [0.4, 0.5) is 0 Å². The van der Waals surface area contributed by atoms with E-state index in [1.165, 1.54) is 4.80 Å². The number of aromatic nitrogens is 4. The Hall–Kier alpha value is -1.99. The van der Waals surface area contributed by atoms with E-state index in [0.717, 1.165) is 5.71 Å². The Kier molecular flexibility index (Phi) is 3.50. The van der Waals surface area contributed by atoms with Gasteiger partial charge in [-0.1, -0.05) is 5.16 Å². The van der Waals surface area contributed by atoms with Crippen LogP contribution in [0, 0.1) is 0 Å². The van der Waals surface area contributed by atoms with Crippen molar-refractivity contribution in [2.24, 2.45) is 5.16 Å². The first-order chi connectivity index (χ1) is 8.83. The minimum atomic E-state index is -0.528. The third kappa shape index (κ3) is 3.73. The minimum absolute atomic E-state index is 0.0726. The van der Waals surface area contributed by atoms with Crippen LogP contribution in [0.15, 0.2) is 5.16 Å². The monoisotopic (exact) mass is 267 g/mol. The van der Waals surface area contributed by atoms with E-state index in [4.69, 9.17) is 9.57 Å². The molecule has 0 aromatic carbocycles. The Bertz CT molecular complexity index is 503. The van der Waals surface area contributed by atoms with E-state index in [9.17, 15) is 4.79 Å². The number of carbonyl (C=O) groups excluding carboxylic acids is 1. The Morgan fingerprint density at radius 2 is 2.26 bits per heavy atom. The van der Waals surface area contributed by atoms with Gasteiger partial charge in [0.2, 0.25) is 5.82 Å². The summed E-state index contributed by atoms with van der Waals surface area (Å²) in [4.78, 5) is 17.9. The summed E-state index contributed by atoms with van der Waals surface area (Å²) in [5.41, 5.74) is 0.355. The van der Waals surface area contributed by atoms with E-state index in [2.05, 4.69) is 20.6 Å². The Morgan fingerprint density at radius 3 is 2.84 bits per heavy atom. The van der Waals surface area contributed by atoms with E-state index in [0.29, 0.717) is 12.2 Å². The first-order valence-corrected chi connectivity index (χ1v) is 6.02. The summed E-state index contributed by atoms with van der Waals surface area (Å²) in [6, 6.07) is 0. The van der Waals surface area contributed by atoms with Gasteiger partial charge in [-0.15, -0.1) is 10.2 Å². The summed E-state index contributed by atoms with van der Waals surface area (Å²) in [7, 11) is 0. The Labute approximate surface area is 110 Å². The topological polar surface area (TPSA) is 91.5 Å². The summed E-state index contributed by atoms with van der Waals surface area (Å²) in [5.74, 6) is 0.0142. The van der Waals surface area contributed by atoms with Crippen molar-refractivity contribution < 1.29 is 14.4 Å². The van der Waals surface area contributed by atoms with Gasteiger partial charge in [-0.05, 0) is 32.9 Å². The van der Waals surface area contributed by atoms with E-state index in [-0.39, 0.29) is 12.6 Å². The molecule has 19 heavy (non-hydrogen) atoms. The lowest BCUT2D eigenvalue weighted by Crippen LogP contribution is -2.27. The number of oxime groups is 1. The second kappa shape index (κ2) is 4.94. The van der Waals surface area contributed by atoms with Crippen LogP contribution in [-0.2, 0) is 20.9 Å². The number of carbonyl (C=O) groups is 1. The number of hydrogen-bond acceptors (Lipinski definition) is 7. The Morgan fingerprint density at radius 1 is 1.53 bits per heavy atom. The van der Waals surface area contributed by atoms with Gasteiger partial charge in [0.1, 0.15) is 5.60 Å². The van der Waals surface area contributed by atoms with Gasteiger partial charge >= 0.3 is 5.97 Å². The summed E-state index contributed by atoms with van der Waals surface area (Å²) >= 11 is 0. The molecule has 0 aliphatic carbocycles. The predicted octanol–water partition coefficient (Wildman–Crippen LogP) is 0.852. The second-order valence-electron chi connectivity index (χ2n) is 5.39. The molecule has 1 aromatic rings. The predicted molar refractivity (Wildman–Crippen MR) is 65.2 cm³/mol. The van der Waals surface area contributed by atoms with Gasteiger partial charge < -0.3 is 9.57 Å². The zero-order valence-corrected chi connectivity index (χ0v) is 11.5. The molecule has 0 saturated heterocycles. The number of hydrogen-bond donors (Lipinski definition) is 0. The molecule has 8 nitrogen and oxygen atoms in total. The van der Waals surface area contributed by atoms with Crippen LogP contribution in [0.25, 0.3) is 0 Å². The summed E-state index contributed by atoms with van der Waals surface area (Å²) in [6.45, 7) is 7.20. The molecule has 2 heterocycles. The van der Waals surface area contributed by atoms with Crippen molar-refractivity contribution in [1.82, 2.24) is 20.2 Å². The molecule has 0 spiro atoms. The minimum Gasteiger partial charge on any atom is -0.459 e. The molecule has 2 rings (SSSR count). The van der Waals surface area contributed by atoms with E-state index in [1.807, 2.05) is 6.92 Å². The Balaban J connectivity index is 1.93. The molecule has 1 atom stereocenters. The average Bonchev–Trinajstić information content (AvgIpc) is 2.83. The fourth-order valence-corrected chi connectivity index (χ4v) is 1.58. The lowest BCUT2D eigenvalue weighted by molar-refractivity contribution is -0.156. The fourth-order valence-electron chi connectivity index (χ4n) is 1.58. The van der Waals surface area contributed by atoms with Gasteiger partial charge in [0.25, 0.3) is 0 Å². The molecule has 0 amide bonds. The van der Waals surface area contributed by atoms with Gasteiger partial charge in [0.05, 0.1) is 5.71 Å². The number of ether oxygens (including phenoxy) is 1. The van der Waals surface area contributed by atoms with Crippen molar-refractivity contribution in [1.29, 1.82) is 0 Å². The van der Waals surface area contributed by atoms with Crippen molar-refractivity contribution in [2.75, 3.05) is 0 Å². The molecule has 0 N–H and O–H groups in total. The first kappa shape index (κ1) is 13.4. The number of nitrogens with zero attached hydrogens (tertiary/aromatic N) is 5. The molecule has 0 bridgehead atoms. The maximum Gasteiger partial charge on any atom is 0.330 e. The van der Waals surface area contributed by atoms with Crippen LogP contribution in [0.2, 0.25) is 0 Å². The lowest BCUT2D eigenvalue weighted by Gasteiger charge is -2.18. The normalized spacial score (nSPS) is 18.9. The molecule has 1 aliphatic heterocycles. The number of rotatable bonds is 3. The van der Waals surface area contributed by atoms with Crippen LogP contribution >= 0.6 is 0 Å². The highest BCUT2D eigenvalue weighted by Crippen LogP contribution is 2.23. The van der Waals surface area contributed by atoms with E-state index < -0.39 is 11.6 Å². The maximum atomic E-state index is 11.6. The molecular weight excluding hydrogens is 250 g/mol. The average molecular weight is 267 g/mol. The highest BCUT2D eigenvalue weighted by atomic mass is 16.6. The summed E-state index contributed by atoms with van der Waals surface area (Å²) in [6.07, 6.45) is 0.324. The quantitative estimate of drug-likeness (QED) is 0.754. The molecule has 1 aromatic heterocycles. The van der Waals surface area contributed by atoms with E-state index >= 15 is 0 Å². The van der Waals surface area contributed by atoms with Crippen LogP contribution in [-0.4, -0.2) is 37.5 Å². The highest BCUT2D eigenvalue weighted by Gasteiger charge is 2.25. The SMILES string of the molecule is CC1=NOC(c2nnn(CC(=O)OC(C)(C)C)n2)C1. The first-order valence-electron chi connectivity index (χ1n) is 6.02. The molecular formula is C11H17N5O3. The van der Waals surface area contributed by atoms with Gasteiger partial charge in [-0.25, -0.2) is 4.79 Å². The molecule has 0 saturated carbocycles.